The molecular formula is C12H16BrF. The molecule has 0 nitrogen and oxygen atoms in total. The molecule has 0 radical (unpaired) electrons. The summed E-state index contributed by atoms with van der Waals surface area (Å²) in [5.41, 5.74) is 1.22. The fourth-order valence-corrected chi connectivity index (χ4v) is 1.88. The first-order valence-corrected chi connectivity index (χ1v) is 5.97. The second kappa shape index (κ2) is 6.18. The van der Waals surface area contributed by atoms with E-state index in [0.29, 0.717) is 4.47 Å². The van der Waals surface area contributed by atoms with Gasteiger partial charge in [-0.3, -0.25) is 0 Å². The zero-order valence-electron chi connectivity index (χ0n) is 8.52. The van der Waals surface area contributed by atoms with E-state index in [1.54, 1.807) is 0 Å². The Balaban J connectivity index is 2.39. The lowest BCUT2D eigenvalue weighted by molar-refractivity contribution is 0.618. The van der Waals surface area contributed by atoms with Gasteiger partial charge in [0.1, 0.15) is 5.82 Å². The lowest BCUT2D eigenvalue weighted by atomic mass is 10.1. The van der Waals surface area contributed by atoms with E-state index in [9.17, 15) is 4.39 Å². The summed E-state index contributed by atoms with van der Waals surface area (Å²) >= 11 is 3.19. The summed E-state index contributed by atoms with van der Waals surface area (Å²) in [7, 11) is 0. The first kappa shape index (κ1) is 11.7. The summed E-state index contributed by atoms with van der Waals surface area (Å²) in [4.78, 5) is 0. The highest BCUT2D eigenvalue weighted by Crippen LogP contribution is 2.18. The highest BCUT2D eigenvalue weighted by atomic mass is 79.9. The molecule has 0 aliphatic heterocycles. The summed E-state index contributed by atoms with van der Waals surface area (Å²) < 4.78 is 13.5. The number of rotatable bonds is 5. The van der Waals surface area contributed by atoms with Gasteiger partial charge in [-0.25, -0.2) is 4.39 Å². The van der Waals surface area contributed by atoms with Crippen LogP contribution in [0.3, 0.4) is 0 Å². The van der Waals surface area contributed by atoms with E-state index >= 15 is 0 Å². The molecule has 0 fully saturated rings. The van der Waals surface area contributed by atoms with E-state index in [1.165, 1.54) is 37.3 Å². The van der Waals surface area contributed by atoms with Gasteiger partial charge in [-0.15, -0.1) is 0 Å². The topological polar surface area (TPSA) is 0 Å². The smallest absolute Gasteiger partial charge is 0.137 e. The average molecular weight is 259 g/mol. The van der Waals surface area contributed by atoms with Gasteiger partial charge in [-0.1, -0.05) is 32.3 Å². The van der Waals surface area contributed by atoms with E-state index in [2.05, 4.69) is 22.9 Å². The number of hydrogen-bond donors (Lipinski definition) is 0. The molecule has 0 aromatic heterocycles. The minimum atomic E-state index is -0.178. The molecule has 1 rings (SSSR count). The van der Waals surface area contributed by atoms with Crippen molar-refractivity contribution in [1.29, 1.82) is 0 Å². The van der Waals surface area contributed by atoms with Crippen molar-refractivity contribution in [2.24, 2.45) is 0 Å². The maximum atomic E-state index is 12.9. The molecule has 1 aromatic carbocycles. The molecule has 14 heavy (non-hydrogen) atoms. The predicted molar refractivity (Wildman–Crippen MR) is 61.9 cm³/mol. The SMILES string of the molecule is CCCCCCc1ccc(F)c(Br)c1. The minimum absolute atomic E-state index is 0.178. The number of aryl methyl sites for hydroxylation is 1. The Labute approximate surface area is 93.7 Å². The fraction of sp³-hybridized carbons (Fsp3) is 0.500. The highest BCUT2D eigenvalue weighted by molar-refractivity contribution is 9.10. The molecule has 0 aliphatic carbocycles. The van der Waals surface area contributed by atoms with Gasteiger partial charge in [0.15, 0.2) is 0 Å². The third-order valence-corrected chi connectivity index (χ3v) is 2.91. The number of hydrogen-bond acceptors (Lipinski definition) is 0. The van der Waals surface area contributed by atoms with E-state index in [4.69, 9.17) is 0 Å². The summed E-state index contributed by atoms with van der Waals surface area (Å²) in [5.74, 6) is -0.178. The monoisotopic (exact) mass is 258 g/mol. The van der Waals surface area contributed by atoms with Crippen molar-refractivity contribution >= 4 is 15.9 Å². The molecule has 1 aromatic rings. The van der Waals surface area contributed by atoms with Crippen molar-refractivity contribution in [3.05, 3.63) is 34.1 Å². The van der Waals surface area contributed by atoms with Crippen LogP contribution < -0.4 is 0 Å². The van der Waals surface area contributed by atoms with Crippen molar-refractivity contribution < 1.29 is 4.39 Å². The minimum Gasteiger partial charge on any atom is -0.206 e. The summed E-state index contributed by atoms with van der Waals surface area (Å²) in [6.07, 6.45) is 6.08. The molecule has 78 valence electrons. The average Bonchev–Trinajstić information content (AvgIpc) is 2.18. The Morgan fingerprint density at radius 3 is 2.64 bits per heavy atom. The molecule has 0 saturated carbocycles. The van der Waals surface area contributed by atoms with Crippen molar-refractivity contribution in [2.45, 2.75) is 39.0 Å². The molecule has 0 saturated heterocycles. The highest BCUT2D eigenvalue weighted by Gasteiger charge is 1.99. The first-order chi connectivity index (χ1) is 6.74. The van der Waals surface area contributed by atoms with Crippen LogP contribution >= 0.6 is 15.9 Å². The van der Waals surface area contributed by atoms with Gasteiger partial charge in [-0.05, 0) is 46.5 Å². The molecular weight excluding hydrogens is 243 g/mol. The number of halogens is 2. The zero-order valence-corrected chi connectivity index (χ0v) is 10.1. The van der Waals surface area contributed by atoms with E-state index < -0.39 is 0 Å². The lowest BCUT2D eigenvalue weighted by Gasteiger charge is -2.02. The van der Waals surface area contributed by atoms with Gasteiger partial charge in [-0.2, -0.15) is 0 Å². The van der Waals surface area contributed by atoms with Crippen LogP contribution in [0.4, 0.5) is 4.39 Å². The Kier molecular flexibility index (Phi) is 5.16. The second-order valence-electron chi connectivity index (χ2n) is 3.56. The molecule has 0 amide bonds. The van der Waals surface area contributed by atoms with Gasteiger partial charge in [0.25, 0.3) is 0 Å². The van der Waals surface area contributed by atoms with Crippen LogP contribution in [0.1, 0.15) is 38.2 Å². The Hall–Kier alpha value is -0.370. The van der Waals surface area contributed by atoms with Gasteiger partial charge in [0.05, 0.1) is 4.47 Å². The van der Waals surface area contributed by atoms with Crippen LogP contribution in [0.15, 0.2) is 22.7 Å². The van der Waals surface area contributed by atoms with Crippen LogP contribution in [0.2, 0.25) is 0 Å². The van der Waals surface area contributed by atoms with Gasteiger partial charge in [0, 0.05) is 0 Å². The van der Waals surface area contributed by atoms with E-state index in [0.717, 1.165) is 6.42 Å². The Morgan fingerprint density at radius 1 is 1.21 bits per heavy atom. The standard InChI is InChI=1S/C12H16BrF/c1-2-3-4-5-6-10-7-8-12(14)11(13)9-10/h7-9H,2-6H2,1H3. The lowest BCUT2D eigenvalue weighted by Crippen LogP contribution is -1.87. The van der Waals surface area contributed by atoms with Crippen molar-refractivity contribution in [2.75, 3.05) is 0 Å². The molecule has 2 heteroatoms. The molecule has 0 unspecified atom stereocenters. The van der Waals surface area contributed by atoms with Crippen LogP contribution in [0, 0.1) is 5.82 Å². The Morgan fingerprint density at radius 2 is 2.00 bits per heavy atom. The maximum Gasteiger partial charge on any atom is 0.137 e. The Bertz CT molecular complexity index is 284. The number of unbranched alkanes of at least 4 members (excludes halogenated alkanes) is 3. The summed E-state index contributed by atoms with van der Waals surface area (Å²) in [6, 6.07) is 5.27. The van der Waals surface area contributed by atoms with Gasteiger partial charge < -0.3 is 0 Å². The van der Waals surface area contributed by atoms with Crippen LogP contribution in [-0.2, 0) is 6.42 Å². The van der Waals surface area contributed by atoms with E-state index in [-0.39, 0.29) is 5.82 Å². The van der Waals surface area contributed by atoms with Crippen molar-refractivity contribution in [3.63, 3.8) is 0 Å². The molecule has 0 bridgehead atoms. The van der Waals surface area contributed by atoms with Gasteiger partial charge in [0.2, 0.25) is 0 Å². The first-order valence-electron chi connectivity index (χ1n) is 5.18. The maximum absolute atomic E-state index is 12.9. The third kappa shape index (κ3) is 3.79. The number of benzene rings is 1. The third-order valence-electron chi connectivity index (χ3n) is 2.30. The largest absolute Gasteiger partial charge is 0.206 e. The normalized spacial score (nSPS) is 10.5. The van der Waals surface area contributed by atoms with Crippen molar-refractivity contribution in [1.82, 2.24) is 0 Å². The van der Waals surface area contributed by atoms with E-state index in [1.807, 2.05) is 12.1 Å². The second-order valence-corrected chi connectivity index (χ2v) is 4.41. The summed E-state index contributed by atoms with van der Waals surface area (Å²) in [6.45, 7) is 2.20. The molecule has 0 heterocycles. The molecule has 0 atom stereocenters. The van der Waals surface area contributed by atoms with Crippen LogP contribution in [0.25, 0.3) is 0 Å². The molecule has 0 N–H and O–H groups in total. The molecule has 0 spiro atoms. The quantitative estimate of drug-likeness (QED) is 0.671. The molecule has 0 aliphatic rings. The predicted octanol–water partition coefficient (Wildman–Crippen LogP) is 4.71. The van der Waals surface area contributed by atoms with Crippen LogP contribution in [0.5, 0.6) is 0 Å². The fourth-order valence-electron chi connectivity index (χ4n) is 1.45. The van der Waals surface area contributed by atoms with Crippen LogP contribution in [-0.4, -0.2) is 0 Å². The van der Waals surface area contributed by atoms with Gasteiger partial charge >= 0.3 is 0 Å². The summed E-state index contributed by atoms with van der Waals surface area (Å²) in [5, 5.41) is 0. The van der Waals surface area contributed by atoms with Crippen molar-refractivity contribution in [3.8, 4) is 0 Å². The zero-order chi connectivity index (χ0) is 10.4.